The van der Waals surface area contributed by atoms with Crippen LogP contribution in [-0.2, 0) is 9.59 Å². The summed E-state index contributed by atoms with van der Waals surface area (Å²) >= 11 is 0. The van der Waals surface area contributed by atoms with E-state index in [4.69, 9.17) is 5.11 Å². The number of rotatable bonds is 6. The van der Waals surface area contributed by atoms with Crippen molar-refractivity contribution in [1.82, 2.24) is 0 Å². The summed E-state index contributed by atoms with van der Waals surface area (Å²) in [5, 5.41) is 18.5. The number of anilines is 1. The van der Waals surface area contributed by atoms with E-state index in [1.165, 1.54) is 4.90 Å². The monoisotopic (exact) mass is 263 g/mol. The molecule has 1 rings (SSSR count). The number of hydrogen-bond donors (Lipinski definition) is 2. The minimum absolute atomic E-state index is 0.0989. The van der Waals surface area contributed by atoms with Crippen molar-refractivity contribution in [2.45, 2.75) is 20.3 Å². The van der Waals surface area contributed by atoms with Crippen LogP contribution in [0.2, 0.25) is 0 Å². The molecule has 0 amide bonds. The topological polar surface area (TPSA) is 77.8 Å². The second kappa shape index (κ2) is 6.58. The Morgan fingerprint density at radius 3 is 2.00 bits per heavy atom. The first-order valence-corrected chi connectivity index (χ1v) is 6.05. The van der Waals surface area contributed by atoms with E-state index in [0.29, 0.717) is 12.2 Å². The zero-order chi connectivity index (χ0) is 14.4. The number of nitrogens with zero attached hydrogens (tertiary/aromatic N) is 1. The smallest absolute Gasteiger partial charge is 0.353 e. The summed E-state index contributed by atoms with van der Waals surface area (Å²) in [6, 6.07) is 8.89. The molecule has 0 saturated carbocycles. The van der Waals surface area contributed by atoms with Crippen LogP contribution in [-0.4, -0.2) is 28.7 Å². The number of likely N-dealkylation sites (N-methyl/N-ethyl adjacent to an activating group) is 1. The van der Waals surface area contributed by atoms with Crippen molar-refractivity contribution >= 4 is 17.6 Å². The largest absolute Gasteiger partial charge is 0.478 e. The van der Waals surface area contributed by atoms with E-state index in [9.17, 15) is 14.7 Å². The minimum atomic E-state index is -1.23. The number of hydrogen-bond acceptors (Lipinski definition) is 3. The second-order valence-corrected chi connectivity index (χ2v) is 3.87. The maximum atomic E-state index is 11.4. The van der Waals surface area contributed by atoms with Gasteiger partial charge in [-0.2, -0.15) is 0 Å². The molecule has 5 nitrogen and oxygen atoms in total. The van der Waals surface area contributed by atoms with Crippen LogP contribution in [0.25, 0.3) is 0 Å². The molecule has 5 heteroatoms. The maximum absolute atomic E-state index is 11.4. The molecule has 0 aliphatic heterocycles. The van der Waals surface area contributed by atoms with Gasteiger partial charge >= 0.3 is 11.9 Å². The van der Waals surface area contributed by atoms with Gasteiger partial charge in [-0.05, 0) is 25.5 Å². The van der Waals surface area contributed by atoms with Crippen LogP contribution >= 0.6 is 0 Å². The summed E-state index contributed by atoms with van der Waals surface area (Å²) in [6.45, 7) is 3.79. The van der Waals surface area contributed by atoms with Gasteiger partial charge in [0.05, 0.1) is 5.57 Å². The van der Waals surface area contributed by atoms with E-state index in [0.717, 1.165) is 0 Å². The number of carbonyl (C=O) groups is 2. The Morgan fingerprint density at radius 1 is 1.05 bits per heavy atom. The lowest BCUT2D eigenvalue weighted by molar-refractivity contribution is -0.136. The van der Waals surface area contributed by atoms with Crippen LogP contribution in [0.4, 0.5) is 5.69 Å². The van der Waals surface area contributed by atoms with Crippen molar-refractivity contribution in [1.29, 1.82) is 0 Å². The first-order chi connectivity index (χ1) is 9.02. The molecule has 0 unspecified atom stereocenters. The zero-order valence-electron chi connectivity index (χ0n) is 11.0. The van der Waals surface area contributed by atoms with Crippen LogP contribution in [0.15, 0.2) is 41.6 Å². The van der Waals surface area contributed by atoms with Crippen molar-refractivity contribution in [2.75, 3.05) is 11.4 Å². The predicted molar refractivity (Wildman–Crippen MR) is 72.1 cm³/mol. The molecule has 2 N–H and O–H groups in total. The minimum Gasteiger partial charge on any atom is -0.478 e. The molecule has 0 fully saturated rings. The average molecular weight is 263 g/mol. The van der Waals surface area contributed by atoms with Gasteiger partial charge in [0.25, 0.3) is 0 Å². The third-order valence-electron chi connectivity index (χ3n) is 2.75. The molecule has 1 aromatic carbocycles. The van der Waals surface area contributed by atoms with Gasteiger partial charge in [0, 0.05) is 12.2 Å². The molecule has 1 aromatic rings. The molecule has 0 spiro atoms. The highest BCUT2D eigenvalue weighted by molar-refractivity contribution is 6.01. The van der Waals surface area contributed by atoms with Gasteiger partial charge in [-0.3, -0.25) is 0 Å². The molecule has 0 atom stereocenters. The summed E-state index contributed by atoms with van der Waals surface area (Å²) in [5.74, 6) is -2.43. The van der Waals surface area contributed by atoms with Crippen molar-refractivity contribution in [3.8, 4) is 0 Å². The van der Waals surface area contributed by atoms with E-state index >= 15 is 0 Å². The second-order valence-electron chi connectivity index (χ2n) is 3.87. The fraction of sp³-hybridized carbons (Fsp3) is 0.286. The van der Waals surface area contributed by atoms with Gasteiger partial charge in [0.1, 0.15) is 5.70 Å². The number of carboxylic acids is 2. The number of para-hydroxylation sites is 1. The van der Waals surface area contributed by atoms with Gasteiger partial charge in [-0.1, -0.05) is 25.1 Å². The number of aliphatic carboxylic acids is 2. The highest BCUT2D eigenvalue weighted by Crippen LogP contribution is 2.22. The summed E-state index contributed by atoms with van der Waals surface area (Å²) in [7, 11) is 0. The summed E-state index contributed by atoms with van der Waals surface area (Å²) in [5.41, 5.74) is 0.386. The molecule has 19 heavy (non-hydrogen) atoms. The fourth-order valence-corrected chi connectivity index (χ4v) is 1.91. The molecule has 0 aliphatic carbocycles. The van der Waals surface area contributed by atoms with Crippen LogP contribution in [0.1, 0.15) is 20.3 Å². The summed E-state index contributed by atoms with van der Waals surface area (Å²) < 4.78 is 0. The standard InChI is InChI=1S/C14H17NO4/c1-3-11(13(16)17)12(14(18)19)15(4-2)10-8-6-5-7-9-10/h5-9H,3-4H2,1-2H3,(H,16,17)(H,18,19). The van der Waals surface area contributed by atoms with Crippen molar-refractivity contribution in [2.24, 2.45) is 0 Å². The summed E-state index contributed by atoms with van der Waals surface area (Å²) in [6.07, 6.45) is 0.153. The predicted octanol–water partition coefficient (Wildman–Crippen LogP) is 2.35. The van der Waals surface area contributed by atoms with Crippen molar-refractivity contribution < 1.29 is 19.8 Å². The highest BCUT2D eigenvalue weighted by Gasteiger charge is 2.24. The third kappa shape index (κ3) is 3.34. The maximum Gasteiger partial charge on any atom is 0.353 e. The normalized spacial score (nSPS) is 11.7. The van der Waals surface area contributed by atoms with Gasteiger partial charge in [-0.25, -0.2) is 9.59 Å². The first-order valence-electron chi connectivity index (χ1n) is 6.05. The molecule has 0 radical (unpaired) electrons. The quantitative estimate of drug-likeness (QED) is 0.770. The SMILES string of the molecule is CCC(C(=O)O)=C(C(=O)O)N(CC)c1ccccc1. The van der Waals surface area contributed by atoms with Crippen LogP contribution < -0.4 is 4.90 Å². The number of benzene rings is 1. The third-order valence-corrected chi connectivity index (χ3v) is 2.75. The Morgan fingerprint density at radius 2 is 1.63 bits per heavy atom. The van der Waals surface area contributed by atoms with E-state index < -0.39 is 11.9 Å². The van der Waals surface area contributed by atoms with Crippen LogP contribution in [0, 0.1) is 0 Å². The summed E-state index contributed by atoms with van der Waals surface area (Å²) in [4.78, 5) is 24.1. The fourth-order valence-electron chi connectivity index (χ4n) is 1.91. The van der Waals surface area contributed by atoms with Crippen molar-refractivity contribution in [3.63, 3.8) is 0 Å². The molecule has 102 valence electrons. The lowest BCUT2D eigenvalue weighted by Gasteiger charge is -2.25. The van der Waals surface area contributed by atoms with Crippen LogP contribution in [0.3, 0.4) is 0 Å². The Labute approximate surface area is 111 Å². The molecule has 0 saturated heterocycles. The molecular formula is C14H17NO4. The van der Waals surface area contributed by atoms with E-state index in [2.05, 4.69) is 0 Å². The Balaban J connectivity index is 3.39. The van der Waals surface area contributed by atoms with Crippen LogP contribution in [0.5, 0.6) is 0 Å². The lowest BCUT2D eigenvalue weighted by Crippen LogP contribution is -2.30. The number of carboxylic acid groups (broad SMARTS) is 2. The van der Waals surface area contributed by atoms with Gasteiger partial charge in [0.2, 0.25) is 0 Å². The van der Waals surface area contributed by atoms with E-state index in [1.54, 1.807) is 38.1 Å². The zero-order valence-corrected chi connectivity index (χ0v) is 11.0. The average Bonchev–Trinajstić information content (AvgIpc) is 2.39. The Hall–Kier alpha value is -2.30. The van der Waals surface area contributed by atoms with E-state index in [-0.39, 0.29) is 17.7 Å². The van der Waals surface area contributed by atoms with Gasteiger partial charge in [0.15, 0.2) is 0 Å². The lowest BCUT2D eigenvalue weighted by atomic mass is 10.1. The first kappa shape index (κ1) is 14.8. The van der Waals surface area contributed by atoms with Gasteiger partial charge < -0.3 is 15.1 Å². The van der Waals surface area contributed by atoms with E-state index in [1.807, 2.05) is 6.07 Å². The van der Waals surface area contributed by atoms with Gasteiger partial charge in [-0.15, -0.1) is 0 Å². The molecule has 0 bridgehead atoms. The Kier molecular flexibility index (Phi) is 5.11. The molecular weight excluding hydrogens is 246 g/mol. The molecule has 0 heterocycles. The van der Waals surface area contributed by atoms with Crippen molar-refractivity contribution in [3.05, 3.63) is 41.6 Å². The Bertz CT molecular complexity index is 493. The molecule has 0 aliphatic rings. The highest BCUT2D eigenvalue weighted by atomic mass is 16.4. The molecule has 0 aromatic heterocycles.